The molecule has 0 atom stereocenters. The van der Waals surface area contributed by atoms with Crippen molar-refractivity contribution in [3.05, 3.63) is 58.6 Å². The Morgan fingerprint density at radius 3 is 2.55 bits per heavy atom. The summed E-state index contributed by atoms with van der Waals surface area (Å²) in [5.41, 5.74) is -4.07. The van der Waals surface area contributed by atoms with Gasteiger partial charge in [0.15, 0.2) is 5.78 Å². The van der Waals surface area contributed by atoms with Gasteiger partial charge in [0.1, 0.15) is 5.75 Å². The average molecular weight is 347 g/mol. The molecule has 0 bridgehead atoms. The zero-order chi connectivity index (χ0) is 16.3. The maximum atomic E-state index is 12.5. The first-order valence-electron chi connectivity index (χ1n) is 6.04. The molecule has 0 unspecified atom stereocenters. The quantitative estimate of drug-likeness (QED) is 0.563. The minimum atomic E-state index is -4.41. The molecule has 0 aliphatic rings. The predicted molar refractivity (Wildman–Crippen MR) is 79.8 cm³/mol. The summed E-state index contributed by atoms with van der Waals surface area (Å²) in [5.74, 6) is -0.146. The topological polar surface area (TPSA) is 26.3 Å². The highest BCUT2D eigenvalue weighted by atomic mass is 35.5. The van der Waals surface area contributed by atoms with E-state index >= 15 is 0 Å². The van der Waals surface area contributed by atoms with E-state index in [4.69, 9.17) is 16.3 Å². The molecule has 0 saturated carbocycles. The first-order valence-corrected chi connectivity index (χ1v) is 7.23. The Balaban J connectivity index is 2.38. The second-order valence-electron chi connectivity index (χ2n) is 4.25. The molecular formula is C15H10ClF3O2S. The van der Waals surface area contributed by atoms with Crippen molar-refractivity contribution in [3.63, 3.8) is 0 Å². The van der Waals surface area contributed by atoms with Gasteiger partial charge in [0.25, 0.3) is 0 Å². The van der Waals surface area contributed by atoms with Gasteiger partial charge in [-0.15, -0.1) is 0 Å². The van der Waals surface area contributed by atoms with Gasteiger partial charge in [0, 0.05) is 15.5 Å². The minimum Gasteiger partial charge on any atom is -0.496 e. The van der Waals surface area contributed by atoms with E-state index < -0.39 is 11.3 Å². The van der Waals surface area contributed by atoms with Crippen LogP contribution in [0, 0.1) is 0 Å². The molecule has 0 radical (unpaired) electrons. The van der Waals surface area contributed by atoms with Crippen LogP contribution >= 0.6 is 23.4 Å². The van der Waals surface area contributed by atoms with Gasteiger partial charge in [-0.25, -0.2) is 0 Å². The highest BCUT2D eigenvalue weighted by Gasteiger charge is 2.29. The summed E-state index contributed by atoms with van der Waals surface area (Å²) in [6.07, 6.45) is 0. The summed E-state index contributed by atoms with van der Waals surface area (Å²) >= 11 is 5.59. The van der Waals surface area contributed by atoms with E-state index in [1.807, 2.05) is 0 Å². The second kappa shape index (κ2) is 6.62. The number of ketones is 1. The van der Waals surface area contributed by atoms with E-state index in [9.17, 15) is 18.0 Å². The molecule has 2 nitrogen and oxygen atoms in total. The monoisotopic (exact) mass is 346 g/mol. The lowest BCUT2D eigenvalue weighted by molar-refractivity contribution is -0.0328. The van der Waals surface area contributed by atoms with Crippen molar-refractivity contribution < 1.29 is 22.7 Å². The summed E-state index contributed by atoms with van der Waals surface area (Å²) in [4.78, 5) is 12.4. The Morgan fingerprint density at radius 2 is 1.91 bits per heavy atom. The predicted octanol–water partition coefficient (Wildman–Crippen LogP) is 5.19. The third-order valence-corrected chi connectivity index (χ3v) is 3.69. The number of alkyl halides is 3. The number of ether oxygens (including phenoxy) is 1. The van der Waals surface area contributed by atoms with Crippen LogP contribution in [0.3, 0.4) is 0 Å². The molecule has 0 spiro atoms. The van der Waals surface area contributed by atoms with Gasteiger partial charge >= 0.3 is 5.51 Å². The molecular weight excluding hydrogens is 337 g/mol. The van der Waals surface area contributed by atoms with Gasteiger partial charge in [-0.2, -0.15) is 13.2 Å². The fourth-order valence-electron chi connectivity index (χ4n) is 1.85. The molecule has 0 aliphatic carbocycles. The van der Waals surface area contributed by atoms with E-state index in [-0.39, 0.29) is 27.8 Å². The van der Waals surface area contributed by atoms with Crippen LogP contribution in [0.2, 0.25) is 5.02 Å². The lowest BCUT2D eigenvalue weighted by Gasteiger charge is -2.10. The third kappa shape index (κ3) is 4.18. The molecule has 0 saturated heterocycles. The molecule has 2 aromatic carbocycles. The fourth-order valence-corrected chi connectivity index (χ4v) is 2.62. The van der Waals surface area contributed by atoms with Crippen molar-refractivity contribution >= 4 is 29.1 Å². The van der Waals surface area contributed by atoms with Crippen molar-refractivity contribution in [1.29, 1.82) is 0 Å². The second-order valence-corrected chi connectivity index (χ2v) is 5.82. The lowest BCUT2D eigenvalue weighted by Crippen LogP contribution is -2.05. The number of benzene rings is 2. The van der Waals surface area contributed by atoms with E-state index in [2.05, 4.69) is 0 Å². The van der Waals surface area contributed by atoms with Gasteiger partial charge < -0.3 is 4.74 Å². The van der Waals surface area contributed by atoms with Crippen LogP contribution < -0.4 is 4.74 Å². The van der Waals surface area contributed by atoms with E-state index in [1.54, 1.807) is 6.07 Å². The first kappa shape index (κ1) is 16.7. The van der Waals surface area contributed by atoms with Crippen molar-refractivity contribution in [2.75, 3.05) is 7.11 Å². The molecule has 0 heterocycles. The van der Waals surface area contributed by atoms with Crippen LogP contribution in [0.4, 0.5) is 13.2 Å². The van der Waals surface area contributed by atoms with Gasteiger partial charge in [-0.3, -0.25) is 4.79 Å². The van der Waals surface area contributed by atoms with Crippen LogP contribution in [-0.2, 0) is 0 Å². The van der Waals surface area contributed by atoms with Crippen molar-refractivity contribution in [2.24, 2.45) is 0 Å². The molecule has 0 fully saturated rings. The average Bonchev–Trinajstić information content (AvgIpc) is 2.45. The summed E-state index contributed by atoms with van der Waals surface area (Å²) < 4.78 is 42.3. The Kier molecular flexibility index (Phi) is 5.03. The molecule has 22 heavy (non-hydrogen) atoms. The Labute approximate surface area is 134 Å². The highest BCUT2D eigenvalue weighted by Crippen LogP contribution is 2.37. The third-order valence-electron chi connectivity index (χ3n) is 2.74. The molecule has 0 N–H and O–H groups in total. The zero-order valence-electron chi connectivity index (χ0n) is 11.3. The molecule has 0 aliphatic heterocycles. The number of carbonyl (C=O) groups excluding carboxylic acids is 1. The largest absolute Gasteiger partial charge is 0.496 e. The van der Waals surface area contributed by atoms with Crippen LogP contribution in [0.15, 0.2) is 47.4 Å². The van der Waals surface area contributed by atoms with Gasteiger partial charge in [0.05, 0.1) is 12.7 Å². The first-order chi connectivity index (χ1) is 10.3. The molecule has 2 aromatic rings. The van der Waals surface area contributed by atoms with Crippen LogP contribution in [0.25, 0.3) is 0 Å². The lowest BCUT2D eigenvalue weighted by atomic mass is 10.0. The maximum Gasteiger partial charge on any atom is 0.446 e. The normalized spacial score (nSPS) is 11.3. The maximum absolute atomic E-state index is 12.5. The van der Waals surface area contributed by atoms with Crippen LogP contribution in [0.5, 0.6) is 5.75 Å². The summed E-state index contributed by atoms with van der Waals surface area (Å²) in [7, 11) is 1.40. The SMILES string of the molecule is COc1ccc(Cl)cc1C(=O)c1cccc(SC(F)(F)F)c1. The number of carbonyl (C=O) groups is 1. The van der Waals surface area contributed by atoms with Crippen LogP contribution in [-0.4, -0.2) is 18.4 Å². The van der Waals surface area contributed by atoms with Gasteiger partial charge in [-0.1, -0.05) is 23.7 Å². The van der Waals surface area contributed by atoms with Crippen molar-refractivity contribution in [2.45, 2.75) is 10.4 Å². The molecule has 2 rings (SSSR count). The smallest absolute Gasteiger partial charge is 0.446 e. The summed E-state index contributed by atoms with van der Waals surface area (Å²) in [6.45, 7) is 0. The number of halogens is 4. The fraction of sp³-hybridized carbons (Fsp3) is 0.133. The standard InChI is InChI=1S/C15H10ClF3O2S/c1-21-13-6-5-10(16)8-12(13)14(20)9-3-2-4-11(7-9)22-15(17,18)19/h2-8H,1H3. The molecule has 116 valence electrons. The van der Waals surface area contributed by atoms with Gasteiger partial charge in [-0.05, 0) is 42.1 Å². The number of hydrogen-bond acceptors (Lipinski definition) is 3. The summed E-state index contributed by atoms with van der Waals surface area (Å²) in [6, 6.07) is 9.86. The minimum absolute atomic E-state index is 0.0562. The van der Waals surface area contributed by atoms with Crippen molar-refractivity contribution in [3.8, 4) is 5.75 Å². The zero-order valence-corrected chi connectivity index (χ0v) is 12.9. The Bertz CT molecular complexity index is 701. The van der Waals surface area contributed by atoms with E-state index in [1.165, 1.54) is 43.5 Å². The van der Waals surface area contributed by atoms with E-state index in [0.29, 0.717) is 10.8 Å². The number of thioether (sulfide) groups is 1. The number of hydrogen-bond donors (Lipinski definition) is 0. The van der Waals surface area contributed by atoms with Crippen LogP contribution in [0.1, 0.15) is 15.9 Å². The number of methoxy groups -OCH3 is 1. The van der Waals surface area contributed by atoms with Crippen molar-refractivity contribution in [1.82, 2.24) is 0 Å². The Morgan fingerprint density at radius 1 is 1.18 bits per heavy atom. The summed E-state index contributed by atoms with van der Waals surface area (Å²) in [5, 5.41) is 0.338. The molecule has 7 heteroatoms. The van der Waals surface area contributed by atoms with E-state index in [0.717, 1.165) is 0 Å². The Hall–Kier alpha value is -1.66. The number of rotatable bonds is 4. The molecule has 0 amide bonds. The van der Waals surface area contributed by atoms with Gasteiger partial charge in [0.2, 0.25) is 0 Å². The molecule has 0 aromatic heterocycles. The highest BCUT2D eigenvalue weighted by molar-refractivity contribution is 8.00.